The number of ether oxygens (including phenoxy) is 1. The van der Waals surface area contributed by atoms with Crippen LogP contribution in [0.2, 0.25) is 5.02 Å². The lowest BCUT2D eigenvalue weighted by Gasteiger charge is -2.13. The Morgan fingerprint density at radius 1 is 1.33 bits per heavy atom. The van der Waals surface area contributed by atoms with Crippen LogP contribution in [0.1, 0.15) is 17.2 Å². The highest BCUT2D eigenvalue weighted by atomic mass is 35.5. The van der Waals surface area contributed by atoms with Gasteiger partial charge in [0.2, 0.25) is 0 Å². The largest absolute Gasteiger partial charge is 0.367 e. The Hall–Kier alpha value is -2.77. The van der Waals surface area contributed by atoms with Crippen molar-refractivity contribution in [1.82, 2.24) is 5.43 Å². The molecular formula is C16H14ClN3O4. The van der Waals surface area contributed by atoms with E-state index in [9.17, 15) is 14.9 Å². The number of nitro benzene ring substituents is 1. The third kappa shape index (κ3) is 4.37. The zero-order chi connectivity index (χ0) is 17.5. The van der Waals surface area contributed by atoms with Crippen molar-refractivity contribution in [3.63, 3.8) is 0 Å². The Balaban J connectivity index is 2.12. The van der Waals surface area contributed by atoms with E-state index in [1.165, 1.54) is 31.5 Å². The summed E-state index contributed by atoms with van der Waals surface area (Å²) in [6.07, 6.45) is 0.331. The number of rotatable bonds is 6. The normalized spacial score (nSPS) is 12.1. The van der Waals surface area contributed by atoms with Gasteiger partial charge in [-0.3, -0.25) is 14.9 Å². The van der Waals surface area contributed by atoms with Gasteiger partial charge in [-0.25, -0.2) is 5.43 Å². The summed E-state index contributed by atoms with van der Waals surface area (Å²) in [5.41, 5.74) is 2.99. The van der Waals surface area contributed by atoms with Crippen LogP contribution in [0.3, 0.4) is 0 Å². The van der Waals surface area contributed by atoms with Gasteiger partial charge >= 0.3 is 0 Å². The van der Waals surface area contributed by atoms with Gasteiger partial charge in [0.05, 0.1) is 16.7 Å². The van der Waals surface area contributed by atoms with Gasteiger partial charge in [0.25, 0.3) is 11.6 Å². The highest BCUT2D eigenvalue weighted by Crippen LogP contribution is 2.21. The minimum Gasteiger partial charge on any atom is -0.367 e. The molecule has 0 saturated carbocycles. The minimum absolute atomic E-state index is 0.163. The number of nitro groups is 1. The zero-order valence-corrected chi connectivity index (χ0v) is 13.4. The van der Waals surface area contributed by atoms with Crippen molar-refractivity contribution in [1.29, 1.82) is 0 Å². The molecule has 0 bridgehead atoms. The second kappa shape index (κ2) is 8.19. The molecule has 1 atom stereocenters. The maximum absolute atomic E-state index is 12.1. The van der Waals surface area contributed by atoms with Crippen molar-refractivity contribution in [2.75, 3.05) is 7.11 Å². The average Bonchev–Trinajstić information content (AvgIpc) is 2.56. The number of nitrogens with zero attached hydrogens (tertiary/aromatic N) is 2. The van der Waals surface area contributed by atoms with Gasteiger partial charge in [-0.2, -0.15) is 5.10 Å². The predicted octanol–water partition coefficient (Wildman–Crippen LogP) is 3.09. The number of hydrogen-bond acceptors (Lipinski definition) is 5. The van der Waals surface area contributed by atoms with Crippen LogP contribution in [0.15, 0.2) is 53.6 Å². The third-order valence-electron chi connectivity index (χ3n) is 3.14. The molecule has 2 rings (SSSR count). The molecule has 8 heteroatoms. The standard InChI is InChI=1S/C16H14ClN3O4/c1-24-15(11-5-3-2-4-6-11)16(21)19-18-10-12-9-13(17)7-8-14(12)20(22)23/h2-10,15H,1H3,(H,19,21). The number of hydrazone groups is 1. The SMILES string of the molecule is COC(C(=O)NN=Cc1cc(Cl)ccc1[N+](=O)[O-])c1ccccc1. The molecule has 0 aromatic heterocycles. The molecule has 0 fully saturated rings. The molecule has 24 heavy (non-hydrogen) atoms. The summed E-state index contributed by atoms with van der Waals surface area (Å²) in [5, 5.41) is 15.0. The first-order chi connectivity index (χ1) is 11.5. The molecule has 0 spiro atoms. The van der Waals surface area contributed by atoms with Crippen molar-refractivity contribution in [3.8, 4) is 0 Å². The maximum Gasteiger partial charge on any atom is 0.278 e. The predicted molar refractivity (Wildman–Crippen MR) is 90.0 cm³/mol. The Morgan fingerprint density at radius 2 is 2.04 bits per heavy atom. The van der Waals surface area contributed by atoms with Crippen LogP contribution < -0.4 is 5.43 Å². The number of nitrogens with one attached hydrogen (secondary N) is 1. The molecule has 0 aliphatic rings. The van der Waals surface area contributed by atoms with Crippen molar-refractivity contribution in [3.05, 3.63) is 74.8 Å². The summed E-state index contributed by atoms with van der Waals surface area (Å²) >= 11 is 5.82. The summed E-state index contributed by atoms with van der Waals surface area (Å²) in [4.78, 5) is 22.5. The molecule has 124 valence electrons. The van der Waals surface area contributed by atoms with Crippen molar-refractivity contribution in [2.24, 2.45) is 5.10 Å². The molecule has 1 amide bonds. The fraction of sp³-hybridized carbons (Fsp3) is 0.125. The number of carbonyl (C=O) groups is 1. The summed E-state index contributed by atoms with van der Waals surface area (Å²) in [6, 6.07) is 13.0. The van der Waals surface area contributed by atoms with Crippen LogP contribution in [-0.4, -0.2) is 24.2 Å². The molecule has 7 nitrogen and oxygen atoms in total. The highest BCUT2D eigenvalue weighted by Gasteiger charge is 2.19. The van der Waals surface area contributed by atoms with Gasteiger partial charge in [-0.15, -0.1) is 0 Å². The van der Waals surface area contributed by atoms with Gasteiger partial charge in [0, 0.05) is 18.2 Å². The van der Waals surface area contributed by atoms with Crippen LogP contribution in [0, 0.1) is 10.1 Å². The summed E-state index contributed by atoms with van der Waals surface area (Å²) in [5.74, 6) is -0.496. The van der Waals surface area contributed by atoms with E-state index in [0.717, 1.165) is 0 Å². The van der Waals surface area contributed by atoms with E-state index >= 15 is 0 Å². The summed E-state index contributed by atoms with van der Waals surface area (Å²) < 4.78 is 5.17. The smallest absolute Gasteiger partial charge is 0.278 e. The van der Waals surface area contributed by atoms with Gasteiger partial charge in [0.15, 0.2) is 6.10 Å². The molecule has 0 aliphatic heterocycles. The lowest BCUT2D eigenvalue weighted by atomic mass is 10.1. The quantitative estimate of drug-likeness (QED) is 0.493. The van der Waals surface area contributed by atoms with Crippen molar-refractivity contribution >= 4 is 29.4 Å². The molecule has 0 aliphatic carbocycles. The van der Waals surface area contributed by atoms with Gasteiger partial charge in [0.1, 0.15) is 0 Å². The monoisotopic (exact) mass is 347 g/mol. The first-order valence-corrected chi connectivity index (χ1v) is 7.25. The van der Waals surface area contributed by atoms with Crippen LogP contribution in [-0.2, 0) is 9.53 Å². The number of hydrogen-bond donors (Lipinski definition) is 1. The number of carbonyl (C=O) groups excluding carboxylic acids is 1. The van der Waals surface area contributed by atoms with Crippen molar-refractivity contribution < 1.29 is 14.5 Å². The minimum atomic E-state index is -0.835. The summed E-state index contributed by atoms with van der Waals surface area (Å²) in [6.45, 7) is 0. The summed E-state index contributed by atoms with van der Waals surface area (Å²) in [7, 11) is 1.41. The third-order valence-corrected chi connectivity index (χ3v) is 3.38. The van der Waals surface area contributed by atoms with E-state index < -0.39 is 16.9 Å². The highest BCUT2D eigenvalue weighted by molar-refractivity contribution is 6.31. The topological polar surface area (TPSA) is 93.8 Å². The molecule has 1 N–H and O–H groups in total. The molecule has 0 radical (unpaired) electrons. The van der Waals surface area contributed by atoms with Gasteiger partial charge in [-0.05, 0) is 17.7 Å². The molecule has 0 saturated heterocycles. The molecule has 0 heterocycles. The van der Waals surface area contributed by atoms with Crippen LogP contribution in [0.5, 0.6) is 0 Å². The van der Waals surface area contributed by atoms with E-state index in [1.54, 1.807) is 24.3 Å². The number of halogens is 1. The Kier molecular flexibility index (Phi) is 6.00. The van der Waals surface area contributed by atoms with Crippen LogP contribution in [0.25, 0.3) is 0 Å². The average molecular weight is 348 g/mol. The fourth-order valence-corrected chi connectivity index (χ4v) is 2.22. The second-order valence-corrected chi connectivity index (χ2v) is 5.16. The van der Waals surface area contributed by atoms with E-state index in [-0.39, 0.29) is 11.3 Å². The number of methoxy groups -OCH3 is 1. The lowest BCUT2D eigenvalue weighted by molar-refractivity contribution is -0.385. The van der Waals surface area contributed by atoms with E-state index in [0.29, 0.717) is 10.6 Å². The zero-order valence-electron chi connectivity index (χ0n) is 12.7. The van der Waals surface area contributed by atoms with Gasteiger partial charge in [-0.1, -0.05) is 41.9 Å². The first kappa shape index (κ1) is 17.6. The van der Waals surface area contributed by atoms with Gasteiger partial charge < -0.3 is 4.74 Å². The molecule has 2 aromatic rings. The Morgan fingerprint density at radius 3 is 2.67 bits per heavy atom. The van der Waals surface area contributed by atoms with E-state index in [1.807, 2.05) is 6.07 Å². The second-order valence-electron chi connectivity index (χ2n) is 4.72. The fourth-order valence-electron chi connectivity index (χ4n) is 2.04. The number of amides is 1. The first-order valence-electron chi connectivity index (χ1n) is 6.87. The lowest BCUT2D eigenvalue weighted by Crippen LogP contribution is -2.26. The number of benzene rings is 2. The molecule has 2 aromatic carbocycles. The van der Waals surface area contributed by atoms with E-state index in [4.69, 9.17) is 16.3 Å². The van der Waals surface area contributed by atoms with Crippen molar-refractivity contribution in [2.45, 2.75) is 6.10 Å². The molecule has 1 unspecified atom stereocenters. The molecular weight excluding hydrogens is 334 g/mol. The Labute approximate surface area is 143 Å². The van der Waals surface area contributed by atoms with Crippen LogP contribution in [0.4, 0.5) is 5.69 Å². The van der Waals surface area contributed by atoms with E-state index in [2.05, 4.69) is 10.5 Å². The Bertz CT molecular complexity index is 765. The maximum atomic E-state index is 12.1. The van der Waals surface area contributed by atoms with Crippen LogP contribution >= 0.6 is 11.6 Å².